The molecule has 2 atom stereocenters. The Kier molecular flexibility index (Phi) is 4.32. The third-order valence-corrected chi connectivity index (χ3v) is 4.78. The number of aromatic nitrogens is 1. The van der Waals surface area contributed by atoms with Gasteiger partial charge in [0.25, 0.3) is 0 Å². The van der Waals surface area contributed by atoms with Crippen LogP contribution in [0.3, 0.4) is 0 Å². The summed E-state index contributed by atoms with van der Waals surface area (Å²) in [6.45, 7) is 3.87. The predicted molar refractivity (Wildman–Crippen MR) is 89.2 cm³/mol. The summed E-state index contributed by atoms with van der Waals surface area (Å²) in [5.41, 5.74) is 7.86. The quantitative estimate of drug-likeness (QED) is 0.820. The largest absolute Gasteiger partial charge is 0.466 e. The van der Waals surface area contributed by atoms with E-state index in [1.54, 1.807) is 0 Å². The van der Waals surface area contributed by atoms with E-state index in [4.69, 9.17) is 15.2 Å². The summed E-state index contributed by atoms with van der Waals surface area (Å²) in [5, 5.41) is 1.14. The smallest absolute Gasteiger partial charge is 0.302 e. The Bertz CT molecular complexity index is 782. The van der Waals surface area contributed by atoms with Gasteiger partial charge in [-0.1, -0.05) is 18.2 Å². The van der Waals surface area contributed by atoms with Crippen molar-refractivity contribution >= 4 is 22.8 Å². The number of carbonyl (C=O) groups is 2. The molecular formula is C18H22N2O4. The number of ether oxygens (including phenoxy) is 2. The van der Waals surface area contributed by atoms with Crippen LogP contribution in [-0.2, 0) is 31.1 Å². The van der Waals surface area contributed by atoms with E-state index in [2.05, 4.69) is 11.1 Å². The first-order valence-corrected chi connectivity index (χ1v) is 8.10. The second kappa shape index (κ2) is 6.28. The van der Waals surface area contributed by atoms with Gasteiger partial charge in [-0.25, -0.2) is 0 Å². The number of aromatic amines is 1. The van der Waals surface area contributed by atoms with E-state index in [1.165, 1.54) is 6.92 Å². The van der Waals surface area contributed by atoms with E-state index in [1.807, 2.05) is 25.1 Å². The summed E-state index contributed by atoms with van der Waals surface area (Å²) in [6, 6.07) is 8.03. The Morgan fingerprint density at radius 2 is 2.17 bits per heavy atom. The standard InChI is InChI=1S/C18H22N2O4/c1-11(21)23-9-8-14(17(19)22)18(2)16-13(7-10-24-18)12-5-3-4-6-15(12)20-16/h3-6,14,20H,7-10H2,1-2H3,(H2,19,22). The molecule has 128 valence electrons. The van der Waals surface area contributed by atoms with Crippen molar-refractivity contribution in [3.05, 3.63) is 35.5 Å². The Morgan fingerprint density at radius 1 is 1.42 bits per heavy atom. The fraction of sp³-hybridized carbons (Fsp3) is 0.444. The number of amides is 1. The molecule has 1 aliphatic heterocycles. The highest BCUT2D eigenvalue weighted by Gasteiger charge is 2.45. The van der Waals surface area contributed by atoms with Crippen molar-refractivity contribution < 1.29 is 19.1 Å². The van der Waals surface area contributed by atoms with Crippen LogP contribution in [-0.4, -0.2) is 30.1 Å². The topological polar surface area (TPSA) is 94.4 Å². The van der Waals surface area contributed by atoms with Crippen LogP contribution in [0.2, 0.25) is 0 Å². The summed E-state index contributed by atoms with van der Waals surface area (Å²) >= 11 is 0. The van der Waals surface area contributed by atoms with Crippen molar-refractivity contribution in [3.8, 4) is 0 Å². The zero-order chi connectivity index (χ0) is 17.3. The Morgan fingerprint density at radius 3 is 2.88 bits per heavy atom. The lowest BCUT2D eigenvalue weighted by Crippen LogP contribution is -2.46. The number of nitrogens with one attached hydrogen (secondary N) is 1. The van der Waals surface area contributed by atoms with Gasteiger partial charge in [0.1, 0.15) is 5.60 Å². The Balaban J connectivity index is 1.99. The molecule has 3 N–H and O–H groups in total. The van der Waals surface area contributed by atoms with Gasteiger partial charge in [-0.2, -0.15) is 0 Å². The molecular weight excluding hydrogens is 308 g/mol. The first-order valence-electron chi connectivity index (χ1n) is 8.10. The average molecular weight is 330 g/mol. The van der Waals surface area contributed by atoms with Gasteiger partial charge in [0, 0.05) is 17.8 Å². The fourth-order valence-corrected chi connectivity index (χ4v) is 3.61. The maximum Gasteiger partial charge on any atom is 0.302 e. The Hall–Kier alpha value is -2.34. The van der Waals surface area contributed by atoms with Gasteiger partial charge in [-0.3, -0.25) is 9.59 Å². The van der Waals surface area contributed by atoms with Crippen LogP contribution in [0.1, 0.15) is 31.5 Å². The van der Waals surface area contributed by atoms with Crippen LogP contribution >= 0.6 is 0 Å². The molecule has 0 radical (unpaired) electrons. The lowest BCUT2D eigenvalue weighted by Gasteiger charge is -2.39. The molecule has 0 fully saturated rings. The highest BCUT2D eigenvalue weighted by atomic mass is 16.5. The van der Waals surface area contributed by atoms with Crippen LogP contribution in [0.4, 0.5) is 0 Å². The van der Waals surface area contributed by atoms with Crippen LogP contribution in [0.15, 0.2) is 24.3 Å². The van der Waals surface area contributed by atoms with Crippen LogP contribution < -0.4 is 5.73 Å². The first-order chi connectivity index (χ1) is 11.4. The van der Waals surface area contributed by atoms with Gasteiger partial charge >= 0.3 is 5.97 Å². The van der Waals surface area contributed by atoms with E-state index >= 15 is 0 Å². The lowest BCUT2D eigenvalue weighted by molar-refractivity contribution is -0.149. The third kappa shape index (κ3) is 2.78. The molecule has 0 saturated heterocycles. The van der Waals surface area contributed by atoms with Crippen LogP contribution in [0.5, 0.6) is 0 Å². The van der Waals surface area contributed by atoms with Gasteiger partial charge < -0.3 is 20.2 Å². The maximum atomic E-state index is 12.1. The van der Waals surface area contributed by atoms with Crippen molar-refractivity contribution in [3.63, 3.8) is 0 Å². The van der Waals surface area contributed by atoms with Crippen molar-refractivity contribution in [1.29, 1.82) is 0 Å². The highest BCUT2D eigenvalue weighted by Crippen LogP contribution is 2.42. The molecule has 0 aliphatic carbocycles. The van der Waals surface area contributed by atoms with E-state index in [0.29, 0.717) is 13.0 Å². The summed E-state index contributed by atoms with van der Waals surface area (Å²) in [5.74, 6) is -1.43. The summed E-state index contributed by atoms with van der Waals surface area (Å²) in [4.78, 5) is 26.5. The van der Waals surface area contributed by atoms with Crippen LogP contribution in [0, 0.1) is 5.92 Å². The molecule has 6 nitrogen and oxygen atoms in total. The van der Waals surface area contributed by atoms with Gasteiger partial charge in [0.15, 0.2) is 0 Å². The summed E-state index contributed by atoms with van der Waals surface area (Å²) < 4.78 is 11.0. The molecule has 0 saturated carbocycles. The summed E-state index contributed by atoms with van der Waals surface area (Å²) in [7, 11) is 0. The molecule has 1 aromatic carbocycles. The number of esters is 1. The van der Waals surface area contributed by atoms with E-state index < -0.39 is 17.4 Å². The number of nitrogens with two attached hydrogens (primary N) is 1. The number of carbonyl (C=O) groups excluding carboxylic acids is 2. The molecule has 2 unspecified atom stereocenters. The predicted octanol–water partition coefficient (Wildman–Crippen LogP) is 2.01. The monoisotopic (exact) mass is 330 g/mol. The van der Waals surface area contributed by atoms with Crippen LogP contribution in [0.25, 0.3) is 10.9 Å². The van der Waals surface area contributed by atoms with E-state index in [9.17, 15) is 9.59 Å². The van der Waals surface area contributed by atoms with Crippen molar-refractivity contribution in [2.75, 3.05) is 13.2 Å². The highest BCUT2D eigenvalue weighted by molar-refractivity contribution is 5.86. The van der Waals surface area contributed by atoms with Crippen molar-refractivity contribution in [2.45, 2.75) is 32.3 Å². The average Bonchev–Trinajstić information content (AvgIpc) is 2.91. The molecule has 24 heavy (non-hydrogen) atoms. The fourth-order valence-electron chi connectivity index (χ4n) is 3.61. The number of rotatable bonds is 5. The van der Waals surface area contributed by atoms with E-state index in [-0.39, 0.29) is 12.6 Å². The normalized spacial score (nSPS) is 21.2. The number of para-hydroxylation sites is 1. The van der Waals surface area contributed by atoms with Crippen molar-refractivity contribution in [1.82, 2.24) is 4.98 Å². The van der Waals surface area contributed by atoms with Gasteiger partial charge in [-0.15, -0.1) is 0 Å². The zero-order valence-electron chi connectivity index (χ0n) is 13.9. The molecule has 3 rings (SSSR count). The van der Waals surface area contributed by atoms with Crippen molar-refractivity contribution in [2.24, 2.45) is 11.7 Å². The molecule has 2 heterocycles. The SMILES string of the molecule is CC(=O)OCCC(C(N)=O)C1(C)OCCc2c1[nH]c1ccccc21. The number of fused-ring (bicyclic) bond motifs is 3. The molecule has 0 spiro atoms. The minimum Gasteiger partial charge on any atom is -0.466 e. The molecule has 2 aromatic rings. The van der Waals surface area contributed by atoms with E-state index in [0.717, 1.165) is 28.6 Å². The lowest BCUT2D eigenvalue weighted by atomic mass is 9.79. The van der Waals surface area contributed by atoms with Gasteiger partial charge in [-0.05, 0) is 31.4 Å². The zero-order valence-corrected chi connectivity index (χ0v) is 13.9. The molecule has 6 heteroatoms. The number of benzene rings is 1. The molecule has 1 aromatic heterocycles. The minimum absolute atomic E-state index is 0.136. The second-order valence-electron chi connectivity index (χ2n) is 6.31. The molecule has 0 bridgehead atoms. The number of H-pyrrole nitrogens is 1. The number of primary amides is 1. The summed E-state index contributed by atoms with van der Waals surface area (Å²) in [6.07, 6.45) is 1.10. The number of hydrogen-bond acceptors (Lipinski definition) is 4. The van der Waals surface area contributed by atoms with Gasteiger partial charge in [0.05, 0.1) is 24.8 Å². The molecule has 1 amide bonds. The number of hydrogen-bond donors (Lipinski definition) is 2. The van der Waals surface area contributed by atoms with Gasteiger partial charge in [0.2, 0.25) is 5.91 Å². The minimum atomic E-state index is -0.863. The molecule has 1 aliphatic rings. The Labute approximate surface area is 140 Å². The first kappa shape index (κ1) is 16.5. The third-order valence-electron chi connectivity index (χ3n) is 4.78. The second-order valence-corrected chi connectivity index (χ2v) is 6.31. The maximum absolute atomic E-state index is 12.1.